The number of aromatic nitrogens is 2. The van der Waals surface area contributed by atoms with Crippen molar-refractivity contribution >= 4 is 20.7 Å². The van der Waals surface area contributed by atoms with E-state index in [0.29, 0.717) is 27.7 Å². The molecule has 0 aliphatic heterocycles. The van der Waals surface area contributed by atoms with Gasteiger partial charge in [0.15, 0.2) is 9.84 Å². The van der Waals surface area contributed by atoms with Crippen molar-refractivity contribution in [2.45, 2.75) is 16.8 Å². The van der Waals surface area contributed by atoms with Gasteiger partial charge in [0, 0.05) is 17.5 Å². The number of alkyl halides is 3. The largest absolute Gasteiger partial charge is 0.495 e. The molecule has 0 radical (unpaired) electrons. The number of sulfone groups is 1. The normalized spacial score (nSPS) is 12.1. The molecule has 0 saturated heterocycles. The Morgan fingerprint density at radius 1 is 0.947 bits per heavy atom. The molecule has 11 heteroatoms. The van der Waals surface area contributed by atoms with E-state index < -0.39 is 27.1 Å². The van der Waals surface area contributed by atoms with E-state index in [1.165, 1.54) is 60.4 Å². The summed E-state index contributed by atoms with van der Waals surface area (Å²) < 4.78 is 76.9. The van der Waals surface area contributed by atoms with Gasteiger partial charge in [-0.2, -0.15) is 13.2 Å². The second-order valence-corrected chi connectivity index (χ2v) is 10.4. The molecule has 5 rings (SSSR count). The van der Waals surface area contributed by atoms with Gasteiger partial charge in [0.1, 0.15) is 17.8 Å². The molecule has 194 valence electrons. The summed E-state index contributed by atoms with van der Waals surface area (Å²) in [5.41, 5.74) is 0.641. The number of rotatable bonds is 6. The highest BCUT2D eigenvalue weighted by Crippen LogP contribution is 2.35. The van der Waals surface area contributed by atoms with Crippen molar-refractivity contribution in [3.8, 4) is 22.6 Å². The van der Waals surface area contributed by atoms with E-state index in [1.54, 1.807) is 24.3 Å². The number of hydrogen-bond acceptors (Lipinski definition) is 6. The maximum Gasteiger partial charge on any atom is 0.416 e. The first-order chi connectivity index (χ1) is 18.1. The molecule has 2 aromatic heterocycles. The fourth-order valence-electron chi connectivity index (χ4n) is 4.17. The van der Waals surface area contributed by atoms with Crippen LogP contribution in [0.4, 0.5) is 13.2 Å². The van der Waals surface area contributed by atoms with Gasteiger partial charge < -0.3 is 9.26 Å². The van der Waals surface area contributed by atoms with Crippen LogP contribution >= 0.6 is 0 Å². The zero-order valence-corrected chi connectivity index (χ0v) is 20.6. The van der Waals surface area contributed by atoms with E-state index in [4.69, 9.17) is 9.26 Å². The van der Waals surface area contributed by atoms with E-state index >= 15 is 0 Å². The highest BCUT2D eigenvalue weighted by Gasteiger charge is 2.30. The minimum Gasteiger partial charge on any atom is -0.495 e. The lowest BCUT2D eigenvalue weighted by Gasteiger charge is -2.16. The monoisotopic (exact) mass is 540 g/mol. The first-order valence-corrected chi connectivity index (χ1v) is 12.9. The lowest BCUT2D eigenvalue weighted by atomic mass is 10.0. The average Bonchev–Trinajstić information content (AvgIpc) is 3.40. The van der Waals surface area contributed by atoms with Crippen LogP contribution < -0.4 is 10.3 Å². The van der Waals surface area contributed by atoms with Crippen molar-refractivity contribution in [1.82, 2.24) is 9.72 Å². The summed E-state index contributed by atoms with van der Waals surface area (Å²) in [5.74, 6) is -0.100. The first kappa shape index (κ1) is 25.3. The van der Waals surface area contributed by atoms with Gasteiger partial charge in [0.2, 0.25) is 0 Å². The number of fused-ring (bicyclic) bond motifs is 1. The quantitative estimate of drug-likeness (QED) is 0.277. The third-order valence-corrected chi connectivity index (χ3v) is 7.65. The van der Waals surface area contributed by atoms with Crippen molar-refractivity contribution in [3.63, 3.8) is 0 Å². The summed E-state index contributed by atoms with van der Waals surface area (Å²) in [5, 5.41) is 4.13. The smallest absolute Gasteiger partial charge is 0.416 e. The zero-order chi connectivity index (χ0) is 27.1. The summed E-state index contributed by atoms with van der Waals surface area (Å²) >= 11 is 0. The maximum atomic E-state index is 13.2. The predicted molar refractivity (Wildman–Crippen MR) is 134 cm³/mol. The van der Waals surface area contributed by atoms with Crippen molar-refractivity contribution in [1.29, 1.82) is 0 Å². The molecule has 0 fully saturated rings. The minimum absolute atomic E-state index is 0.0464. The molecule has 0 unspecified atom stereocenters. The van der Waals surface area contributed by atoms with Gasteiger partial charge >= 0.3 is 6.18 Å². The molecule has 2 heterocycles. The van der Waals surface area contributed by atoms with Gasteiger partial charge in [0.25, 0.3) is 5.56 Å². The second-order valence-electron chi connectivity index (χ2n) is 8.44. The number of pyridine rings is 1. The molecule has 0 amide bonds. The Morgan fingerprint density at radius 3 is 2.45 bits per heavy atom. The molecule has 5 aromatic rings. The lowest BCUT2D eigenvalue weighted by Crippen LogP contribution is -2.18. The predicted octanol–water partition coefficient (Wildman–Crippen LogP) is 5.65. The topological polar surface area (TPSA) is 91.4 Å². The Morgan fingerprint density at radius 2 is 1.74 bits per heavy atom. The van der Waals surface area contributed by atoms with E-state index in [1.807, 2.05) is 0 Å². The van der Waals surface area contributed by atoms with Gasteiger partial charge in [-0.1, -0.05) is 23.4 Å². The highest BCUT2D eigenvalue weighted by molar-refractivity contribution is 7.90. The third-order valence-electron chi connectivity index (χ3n) is 6.00. The van der Waals surface area contributed by atoms with Crippen LogP contribution in [0.25, 0.3) is 27.7 Å². The standard InChI is InChI=1S/C27H19F3N2O5S/c1-36-25-15-18(17-3-2-4-20(13-17)27(28,29)30)5-8-24(25)32-23-9-7-22(14-19(23)6-10-26(32)33)38(34,35)16-21-11-12-37-31-21/h2-15H,16H2,1H3. The van der Waals surface area contributed by atoms with Crippen LogP contribution in [0.1, 0.15) is 11.3 Å². The van der Waals surface area contributed by atoms with Crippen LogP contribution in [0, 0.1) is 0 Å². The number of nitrogens with zero attached hydrogens (tertiary/aromatic N) is 2. The third kappa shape index (κ3) is 4.80. The Bertz CT molecular complexity index is 1810. The molecule has 0 saturated carbocycles. The van der Waals surface area contributed by atoms with Gasteiger partial charge in [-0.05, 0) is 59.7 Å². The van der Waals surface area contributed by atoms with E-state index in [2.05, 4.69) is 5.16 Å². The fourth-order valence-corrected chi connectivity index (χ4v) is 5.46. The summed E-state index contributed by atoms with van der Waals surface area (Å²) in [6, 6.07) is 18.3. The molecule has 0 atom stereocenters. The second kappa shape index (κ2) is 9.49. The number of halogens is 3. The van der Waals surface area contributed by atoms with Crippen molar-refractivity contribution in [2.75, 3.05) is 7.11 Å². The Hall–Kier alpha value is -4.38. The zero-order valence-electron chi connectivity index (χ0n) is 19.8. The Balaban J connectivity index is 1.59. The van der Waals surface area contributed by atoms with Crippen LogP contribution in [0.3, 0.4) is 0 Å². The van der Waals surface area contributed by atoms with E-state index in [-0.39, 0.29) is 22.1 Å². The van der Waals surface area contributed by atoms with Crippen LogP contribution in [0.15, 0.2) is 99.3 Å². The molecular formula is C27H19F3N2O5S. The van der Waals surface area contributed by atoms with E-state index in [9.17, 15) is 26.4 Å². The van der Waals surface area contributed by atoms with Gasteiger partial charge in [-0.3, -0.25) is 9.36 Å². The Labute approximate surface area is 214 Å². The summed E-state index contributed by atoms with van der Waals surface area (Å²) in [6.45, 7) is 0. The SMILES string of the molecule is COc1cc(-c2cccc(C(F)(F)F)c2)ccc1-n1c(=O)ccc2cc(S(=O)(=O)Cc3ccon3)ccc21. The molecule has 38 heavy (non-hydrogen) atoms. The lowest BCUT2D eigenvalue weighted by molar-refractivity contribution is -0.137. The van der Waals surface area contributed by atoms with Crippen LogP contribution in [0.2, 0.25) is 0 Å². The first-order valence-electron chi connectivity index (χ1n) is 11.2. The van der Waals surface area contributed by atoms with Gasteiger partial charge in [-0.15, -0.1) is 0 Å². The molecule has 0 aliphatic rings. The molecule has 0 bridgehead atoms. The van der Waals surface area contributed by atoms with Crippen molar-refractivity contribution in [3.05, 3.63) is 107 Å². The van der Waals surface area contributed by atoms with Crippen LogP contribution in [0.5, 0.6) is 5.75 Å². The average molecular weight is 541 g/mol. The molecule has 7 nitrogen and oxygen atoms in total. The van der Waals surface area contributed by atoms with Crippen molar-refractivity contribution in [2.24, 2.45) is 0 Å². The van der Waals surface area contributed by atoms with Crippen LogP contribution in [-0.4, -0.2) is 25.3 Å². The number of benzene rings is 3. The van der Waals surface area contributed by atoms with Gasteiger partial charge in [0.05, 0.1) is 34.5 Å². The number of ether oxygens (including phenoxy) is 1. The maximum absolute atomic E-state index is 13.2. The van der Waals surface area contributed by atoms with E-state index in [0.717, 1.165) is 12.1 Å². The van der Waals surface area contributed by atoms with Crippen LogP contribution in [-0.2, 0) is 21.8 Å². The molecule has 3 aromatic carbocycles. The number of methoxy groups -OCH3 is 1. The fraction of sp³-hybridized carbons (Fsp3) is 0.111. The molecule has 0 N–H and O–H groups in total. The number of hydrogen-bond donors (Lipinski definition) is 0. The molecule has 0 aliphatic carbocycles. The highest BCUT2D eigenvalue weighted by atomic mass is 32.2. The molecular weight excluding hydrogens is 521 g/mol. The summed E-state index contributed by atoms with van der Waals surface area (Å²) in [6.07, 6.45) is -3.20. The summed E-state index contributed by atoms with van der Waals surface area (Å²) in [4.78, 5) is 13.0. The van der Waals surface area contributed by atoms with Crippen molar-refractivity contribution < 1.29 is 30.8 Å². The molecule has 0 spiro atoms. The van der Waals surface area contributed by atoms with Gasteiger partial charge in [-0.25, -0.2) is 8.42 Å². The minimum atomic E-state index is -4.49. The summed E-state index contributed by atoms with van der Waals surface area (Å²) in [7, 11) is -2.35. The Kier molecular flexibility index (Phi) is 6.31.